The number of nitrogens with two attached hydrogens (primary N) is 1. The number of hydrogen-bond donors (Lipinski definition) is 2. The highest BCUT2D eigenvalue weighted by molar-refractivity contribution is 7.10. The number of hydrogen-bond acceptors (Lipinski definition) is 4. The van der Waals surface area contributed by atoms with E-state index in [0.29, 0.717) is 0 Å². The van der Waals surface area contributed by atoms with E-state index >= 15 is 0 Å². The van der Waals surface area contributed by atoms with Crippen molar-refractivity contribution in [2.75, 3.05) is 7.11 Å². The normalized spacial score (nSPS) is 13.0. The Morgan fingerprint density at radius 2 is 1.96 bits per heavy atom. The predicted octanol–water partition coefficient (Wildman–Crippen LogP) is 3.01. The van der Waals surface area contributed by atoms with Gasteiger partial charge in [-0.25, -0.2) is 4.79 Å². The first-order valence-electron chi connectivity index (χ1n) is 8.91. The van der Waals surface area contributed by atoms with Crippen molar-refractivity contribution in [3.05, 3.63) is 57.8 Å². The molecule has 0 radical (unpaired) electrons. The molecule has 0 unspecified atom stereocenters. The third-order valence-electron chi connectivity index (χ3n) is 4.31. The molecule has 3 N–H and O–H groups in total. The Hall–Kier alpha value is -2.18. The van der Waals surface area contributed by atoms with Gasteiger partial charge in [-0.2, -0.15) is 0 Å². The van der Waals surface area contributed by atoms with Crippen molar-refractivity contribution >= 4 is 23.3 Å². The number of rotatable bonds is 8. The molecule has 2 atom stereocenters. The molecule has 0 aliphatic carbocycles. The minimum Gasteiger partial charge on any atom is -0.453 e. The lowest BCUT2D eigenvalue weighted by Crippen LogP contribution is -2.92. The molecule has 2 rings (SSSR count). The number of carbonyl (C=O) groups excluding carboxylic acids is 2. The summed E-state index contributed by atoms with van der Waals surface area (Å²) in [6, 6.07) is 12.3. The van der Waals surface area contributed by atoms with Gasteiger partial charge in [-0.1, -0.05) is 43.7 Å². The molecule has 140 valence electrons. The van der Waals surface area contributed by atoms with Crippen molar-refractivity contribution in [1.29, 1.82) is 0 Å². The van der Waals surface area contributed by atoms with Gasteiger partial charge in [0.2, 0.25) is 0 Å². The number of thiophene rings is 1. The van der Waals surface area contributed by atoms with Crippen LogP contribution in [-0.4, -0.2) is 25.2 Å². The number of ether oxygens (including phenoxy) is 1. The van der Waals surface area contributed by atoms with Crippen LogP contribution in [0.25, 0.3) is 0 Å². The summed E-state index contributed by atoms with van der Waals surface area (Å²) in [6.45, 7) is 3.98. The van der Waals surface area contributed by atoms with Gasteiger partial charge in [0.1, 0.15) is 6.04 Å². The molecule has 0 aliphatic rings. The number of aryl methyl sites for hydroxylation is 1. The Bertz CT molecular complexity index is 698. The summed E-state index contributed by atoms with van der Waals surface area (Å²) in [5.41, 5.74) is 2.47. The summed E-state index contributed by atoms with van der Waals surface area (Å²) < 4.78 is 4.50. The third-order valence-corrected chi connectivity index (χ3v) is 5.27. The summed E-state index contributed by atoms with van der Waals surface area (Å²) in [7, 11) is 1.24. The smallest absolute Gasteiger partial charge is 0.413 e. The van der Waals surface area contributed by atoms with Crippen molar-refractivity contribution in [1.82, 2.24) is 5.32 Å². The number of amides is 2. The molecular weight excluding hydrogens is 348 g/mol. The van der Waals surface area contributed by atoms with Crippen LogP contribution in [0.2, 0.25) is 0 Å². The van der Waals surface area contributed by atoms with Crippen molar-refractivity contribution < 1.29 is 19.6 Å². The number of imide groups is 1. The van der Waals surface area contributed by atoms with Gasteiger partial charge < -0.3 is 10.1 Å². The maximum absolute atomic E-state index is 12.2. The van der Waals surface area contributed by atoms with Crippen LogP contribution in [0.15, 0.2) is 41.8 Å². The summed E-state index contributed by atoms with van der Waals surface area (Å²) >= 11 is 1.66. The number of quaternary nitrogens is 1. The van der Waals surface area contributed by atoms with E-state index in [1.807, 2.05) is 16.8 Å². The summed E-state index contributed by atoms with van der Waals surface area (Å²) in [4.78, 5) is 24.6. The SMILES string of the molecule is CCCCc1ccc([C@H]([NH2+][C@@H](C)C(=O)NC(=O)OC)c2cccs2)cc1. The van der Waals surface area contributed by atoms with Gasteiger partial charge >= 0.3 is 6.09 Å². The van der Waals surface area contributed by atoms with Crippen molar-refractivity contribution in [3.8, 4) is 0 Å². The maximum Gasteiger partial charge on any atom is 0.413 e. The largest absolute Gasteiger partial charge is 0.453 e. The topological polar surface area (TPSA) is 72.0 Å². The zero-order chi connectivity index (χ0) is 18.9. The van der Waals surface area contributed by atoms with Crippen LogP contribution in [0.3, 0.4) is 0 Å². The molecule has 1 aromatic carbocycles. The first kappa shape index (κ1) is 20.1. The standard InChI is InChI=1S/C20H26N2O3S/c1-4-5-7-15-9-11-16(12-10-15)18(17-8-6-13-26-17)21-14(2)19(23)22-20(24)25-3/h6,8-14,18,21H,4-5,7H2,1-3H3,(H,22,23,24)/p+1/t14-,18-/m0/s1. The third kappa shape index (κ3) is 5.68. The van der Waals surface area contributed by atoms with Crippen LogP contribution < -0.4 is 10.6 Å². The minimum atomic E-state index is -0.733. The van der Waals surface area contributed by atoms with E-state index in [-0.39, 0.29) is 11.9 Å². The molecule has 5 nitrogen and oxygen atoms in total. The molecule has 1 heterocycles. The Labute approximate surface area is 158 Å². The van der Waals surface area contributed by atoms with Gasteiger partial charge in [0.05, 0.1) is 12.0 Å². The first-order valence-corrected chi connectivity index (χ1v) is 9.79. The fourth-order valence-electron chi connectivity index (χ4n) is 2.75. The lowest BCUT2D eigenvalue weighted by atomic mass is 10.0. The molecule has 6 heteroatoms. The Morgan fingerprint density at radius 1 is 1.23 bits per heavy atom. The second-order valence-corrected chi connectivity index (χ2v) is 7.28. The Kier molecular flexibility index (Phi) is 7.81. The van der Waals surface area contributed by atoms with E-state index in [1.54, 1.807) is 18.3 Å². The van der Waals surface area contributed by atoms with Crippen molar-refractivity contribution in [2.24, 2.45) is 0 Å². The van der Waals surface area contributed by atoms with Crippen LogP contribution in [0.1, 0.15) is 48.7 Å². The monoisotopic (exact) mass is 375 g/mol. The van der Waals surface area contributed by atoms with Gasteiger partial charge in [0, 0.05) is 5.56 Å². The molecule has 1 aromatic heterocycles. The highest BCUT2D eigenvalue weighted by Crippen LogP contribution is 2.23. The van der Waals surface area contributed by atoms with Gasteiger partial charge in [0.15, 0.2) is 6.04 Å². The lowest BCUT2D eigenvalue weighted by Gasteiger charge is -2.19. The summed E-state index contributed by atoms with van der Waals surface area (Å²) in [5.74, 6) is -0.363. The van der Waals surface area contributed by atoms with E-state index in [0.717, 1.165) is 12.0 Å². The molecule has 0 saturated carbocycles. The second kappa shape index (κ2) is 10.1. The highest BCUT2D eigenvalue weighted by atomic mass is 32.1. The number of nitrogens with one attached hydrogen (secondary N) is 1. The quantitative estimate of drug-likeness (QED) is 0.745. The fourth-order valence-corrected chi connectivity index (χ4v) is 3.59. The average Bonchev–Trinajstić information content (AvgIpc) is 3.19. The first-order chi connectivity index (χ1) is 12.5. The van der Waals surface area contributed by atoms with E-state index in [1.165, 1.54) is 30.4 Å². The van der Waals surface area contributed by atoms with E-state index < -0.39 is 12.1 Å². The van der Waals surface area contributed by atoms with Gasteiger partial charge in [0.25, 0.3) is 5.91 Å². The second-order valence-electron chi connectivity index (χ2n) is 6.30. The van der Waals surface area contributed by atoms with Crippen LogP contribution in [0, 0.1) is 0 Å². The average molecular weight is 376 g/mol. The van der Waals surface area contributed by atoms with Crippen LogP contribution in [0.4, 0.5) is 4.79 Å². The number of benzene rings is 1. The van der Waals surface area contributed by atoms with Crippen LogP contribution in [0.5, 0.6) is 0 Å². The van der Waals surface area contributed by atoms with Crippen LogP contribution in [-0.2, 0) is 16.0 Å². The molecule has 2 aromatic rings. The molecule has 0 aliphatic heterocycles. The highest BCUT2D eigenvalue weighted by Gasteiger charge is 2.26. The Morgan fingerprint density at radius 3 is 2.54 bits per heavy atom. The number of methoxy groups -OCH3 is 1. The van der Waals surface area contributed by atoms with E-state index in [2.05, 4.69) is 47.3 Å². The van der Waals surface area contributed by atoms with Crippen molar-refractivity contribution in [2.45, 2.75) is 45.2 Å². The predicted molar refractivity (Wildman–Crippen MR) is 103 cm³/mol. The zero-order valence-corrected chi connectivity index (χ0v) is 16.3. The minimum absolute atomic E-state index is 0.00798. The number of carbonyl (C=O) groups is 2. The van der Waals surface area contributed by atoms with Gasteiger partial charge in [-0.05, 0) is 36.8 Å². The molecule has 2 amide bonds. The fraction of sp³-hybridized carbons (Fsp3) is 0.400. The molecular formula is C20H27N2O3S+. The van der Waals surface area contributed by atoms with Gasteiger partial charge in [-0.3, -0.25) is 10.1 Å². The Balaban J connectivity index is 2.14. The van der Waals surface area contributed by atoms with Gasteiger partial charge in [-0.15, -0.1) is 11.3 Å². The zero-order valence-electron chi connectivity index (χ0n) is 15.5. The number of unbranched alkanes of at least 4 members (excludes halogenated alkanes) is 1. The summed E-state index contributed by atoms with van der Waals surface area (Å²) in [6.07, 6.45) is 2.72. The summed E-state index contributed by atoms with van der Waals surface area (Å²) in [5, 5.41) is 6.25. The molecule has 0 bridgehead atoms. The number of alkyl carbamates (subject to hydrolysis) is 1. The lowest BCUT2D eigenvalue weighted by molar-refractivity contribution is -0.704. The van der Waals surface area contributed by atoms with E-state index in [9.17, 15) is 9.59 Å². The molecule has 0 spiro atoms. The van der Waals surface area contributed by atoms with Crippen LogP contribution >= 0.6 is 11.3 Å². The molecule has 0 fully saturated rings. The molecule has 0 saturated heterocycles. The van der Waals surface area contributed by atoms with E-state index in [4.69, 9.17) is 0 Å². The molecule has 26 heavy (non-hydrogen) atoms. The van der Waals surface area contributed by atoms with Crippen molar-refractivity contribution in [3.63, 3.8) is 0 Å². The maximum atomic E-state index is 12.2.